The Morgan fingerprint density at radius 1 is 1.18 bits per heavy atom. The molecule has 0 rings (SSSR count). The molecule has 0 fully saturated rings. The van der Waals surface area contributed by atoms with E-state index in [2.05, 4.69) is 0 Å². The lowest BCUT2D eigenvalue weighted by Crippen LogP contribution is -2.07. The first-order valence-electron chi connectivity index (χ1n) is 3.25. The SMILES string of the molecule is CC(=O)CCC(=O)CC(=O)O. The molecule has 0 bridgehead atoms. The van der Waals surface area contributed by atoms with Crippen LogP contribution in [0.2, 0.25) is 0 Å². The van der Waals surface area contributed by atoms with Gasteiger partial charge in [0.2, 0.25) is 0 Å². The summed E-state index contributed by atoms with van der Waals surface area (Å²) >= 11 is 0. The minimum atomic E-state index is -1.14. The highest BCUT2D eigenvalue weighted by atomic mass is 16.4. The average Bonchev–Trinajstić information content (AvgIpc) is 1.82. The van der Waals surface area contributed by atoms with Crippen molar-refractivity contribution in [2.24, 2.45) is 0 Å². The number of aliphatic carboxylic acids is 1. The van der Waals surface area contributed by atoms with Gasteiger partial charge in [-0.1, -0.05) is 0 Å². The van der Waals surface area contributed by atoms with Gasteiger partial charge >= 0.3 is 5.97 Å². The molecule has 0 unspecified atom stereocenters. The van der Waals surface area contributed by atoms with Crippen LogP contribution in [0, 0.1) is 0 Å². The van der Waals surface area contributed by atoms with Gasteiger partial charge in [-0.25, -0.2) is 0 Å². The van der Waals surface area contributed by atoms with Crippen molar-refractivity contribution in [1.82, 2.24) is 0 Å². The van der Waals surface area contributed by atoms with Crippen LogP contribution in [0.4, 0.5) is 0 Å². The van der Waals surface area contributed by atoms with Crippen LogP contribution in [0.3, 0.4) is 0 Å². The zero-order valence-electron chi connectivity index (χ0n) is 6.29. The topological polar surface area (TPSA) is 71.4 Å². The van der Waals surface area contributed by atoms with E-state index in [4.69, 9.17) is 5.11 Å². The zero-order valence-corrected chi connectivity index (χ0v) is 6.29. The Morgan fingerprint density at radius 2 is 1.73 bits per heavy atom. The summed E-state index contributed by atoms with van der Waals surface area (Å²) in [5.41, 5.74) is 0. The maximum Gasteiger partial charge on any atom is 0.310 e. The Morgan fingerprint density at radius 3 is 2.09 bits per heavy atom. The molecule has 0 radical (unpaired) electrons. The highest BCUT2D eigenvalue weighted by Crippen LogP contribution is 1.95. The third-order valence-electron chi connectivity index (χ3n) is 1.10. The molecule has 0 heterocycles. The Labute approximate surface area is 64.2 Å². The number of carbonyl (C=O) groups is 3. The van der Waals surface area contributed by atoms with E-state index < -0.39 is 18.2 Å². The molecule has 0 aromatic rings. The molecule has 0 aliphatic rings. The molecule has 1 N–H and O–H groups in total. The van der Waals surface area contributed by atoms with E-state index in [1.807, 2.05) is 0 Å². The minimum Gasteiger partial charge on any atom is -0.481 e. The van der Waals surface area contributed by atoms with E-state index >= 15 is 0 Å². The monoisotopic (exact) mass is 158 g/mol. The molecule has 0 amide bonds. The normalized spacial score (nSPS) is 9.18. The van der Waals surface area contributed by atoms with Crippen LogP contribution in [0.15, 0.2) is 0 Å². The number of carbonyl (C=O) groups excluding carboxylic acids is 2. The second kappa shape index (κ2) is 4.60. The Balaban J connectivity index is 3.53. The van der Waals surface area contributed by atoms with Crippen molar-refractivity contribution in [3.63, 3.8) is 0 Å². The van der Waals surface area contributed by atoms with Crippen molar-refractivity contribution in [2.75, 3.05) is 0 Å². The fourth-order valence-corrected chi connectivity index (χ4v) is 0.573. The summed E-state index contributed by atoms with van der Waals surface area (Å²) in [5, 5.41) is 8.14. The van der Waals surface area contributed by atoms with Gasteiger partial charge in [-0.3, -0.25) is 9.59 Å². The number of carboxylic acids is 1. The fraction of sp³-hybridized carbons (Fsp3) is 0.571. The molecule has 0 saturated heterocycles. The largest absolute Gasteiger partial charge is 0.481 e. The van der Waals surface area contributed by atoms with Crippen LogP contribution >= 0.6 is 0 Å². The third-order valence-corrected chi connectivity index (χ3v) is 1.10. The maximum absolute atomic E-state index is 10.6. The number of rotatable bonds is 5. The smallest absolute Gasteiger partial charge is 0.310 e. The summed E-state index contributed by atoms with van der Waals surface area (Å²) in [6, 6.07) is 0. The summed E-state index contributed by atoms with van der Waals surface area (Å²) in [6.45, 7) is 1.37. The van der Waals surface area contributed by atoms with Crippen LogP contribution in [0.5, 0.6) is 0 Å². The average molecular weight is 158 g/mol. The molecule has 0 aliphatic carbocycles. The molecule has 0 atom stereocenters. The highest BCUT2D eigenvalue weighted by Gasteiger charge is 2.07. The van der Waals surface area contributed by atoms with E-state index in [0.717, 1.165) is 0 Å². The van der Waals surface area contributed by atoms with Gasteiger partial charge in [-0.15, -0.1) is 0 Å². The van der Waals surface area contributed by atoms with Crippen molar-refractivity contribution >= 4 is 17.5 Å². The van der Waals surface area contributed by atoms with E-state index in [1.54, 1.807) is 0 Å². The van der Waals surface area contributed by atoms with E-state index in [0.29, 0.717) is 0 Å². The van der Waals surface area contributed by atoms with Gasteiger partial charge in [0.1, 0.15) is 18.0 Å². The van der Waals surface area contributed by atoms with Crippen molar-refractivity contribution in [2.45, 2.75) is 26.2 Å². The van der Waals surface area contributed by atoms with Crippen molar-refractivity contribution in [1.29, 1.82) is 0 Å². The minimum absolute atomic E-state index is 0.0433. The Hall–Kier alpha value is -1.19. The number of hydrogen-bond acceptors (Lipinski definition) is 3. The lowest BCUT2D eigenvalue weighted by atomic mass is 10.1. The van der Waals surface area contributed by atoms with Crippen LogP contribution in [0.1, 0.15) is 26.2 Å². The number of hydrogen-bond donors (Lipinski definition) is 1. The van der Waals surface area contributed by atoms with Gasteiger partial charge in [0, 0.05) is 12.8 Å². The fourth-order valence-electron chi connectivity index (χ4n) is 0.573. The first-order chi connectivity index (χ1) is 5.02. The summed E-state index contributed by atoms with van der Waals surface area (Å²) in [5.74, 6) is -1.63. The Bertz CT molecular complexity index is 183. The van der Waals surface area contributed by atoms with Gasteiger partial charge in [-0.2, -0.15) is 0 Å². The molecule has 0 spiro atoms. The van der Waals surface area contributed by atoms with Crippen molar-refractivity contribution < 1.29 is 19.5 Å². The van der Waals surface area contributed by atoms with E-state index in [1.165, 1.54) is 6.92 Å². The highest BCUT2D eigenvalue weighted by molar-refractivity contribution is 5.96. The van der Waals surface area contributed by atoms with E-state index in [-0.39, 0.29) is 18.6 Å². The van der Waals surface area contributed by atoms with Crippen molar-refractivity contribution in [3.05, 3.63) is 0 Å². The molecular weight excluding hydrogens is 148 g/mol. The van der Waals surface area contributed by atoms with Crippen LogP contribution in [-0.4, -0.2) is 22.6 Å². The lowest BCUT2D eigenvalue weighted by Gasteiger charge is -1.93. The second-order valence-electron chi connectivity index (χ2n) is 2.31. The molecular formula is C7H10O4. The number of carboxylic acid groups (broad SMARTS) is 1. The predicted molar refractivity (Wildman–Crippen MR) is 37.2 cm³/mol. The molecule has 11 heavy (non-hydrogen) atoms. The number of ketones is 2. The molecule has 0 aliphatic heterocycles. The van der Waals surface area contributed by atoms with Gasteiger partial charge < -0.3 is 9.90 Å². The molecule has 4 heteroatoms. The second-order valence-corrected chi connectivity index (χ2v) is 2.31. The molecule has 4 nitrogen and oxygen atoms in total. The van der Waals surface area contributed by atoms with Gasteiger partial charge in [0.25, 0.3) is 0 Å². The van der Waals surface area contributed by atoms with Gasteiger partial charge in [0.05, 0.1) is 0 Å². The predicted octanol–water partition coefficient (Wildman–Crippen LogP) is 0.399. The van der Waals surface area contributed by atoms with Gasteiger partial charge in [0.15, 0.2) is 0 Å². The third kappa shape index (κ3) is 6.70. The first-order valence-corrected chi connectivity index (χ1v) is 3.25. The van der Waals surface area contributed by atoms with Crippen LogP contribution in [-0.2, 0) is 14.4 Å². The summed E-state index contributed by atoms with van der Waals surface area (Å²) in [7, 11) is 0. The summed E-state index contributed by atoms with van der Waals surface area (Å²) in [6.07, 6.45) is -0.291. The molecule has 62 valence electrons. The molecule has 0 saturated carbocycles. The van der Waals surface area contributed by atoms with Crippen molar-refractivity contribution in [3.8, 4) is 0 Å². The maximum atomic E-state index is 10.6. The molecule has 0 aromatic carbocycles. The quantitative estimate of drug-likeness (QED) is 0.588. The summed E-state index contributed by atoms with van der Waals surface area (Å²) < 4.78 is 0. The first kappa shape index (κ1) is 9.81. The van der Waals surface area contributed by atoms with Gasteiger partial charge in [-0.05, 0) is 6.92 Å². The molecule has 0 aromatic heterocycles. The van der Waals surface area contributed by atoms with Crippen LogP contribution < -0.4 is 0 Å². The lowest BCUT2D eigenvalue weighted by molar-refractivity contribution is -0.140. The zero-order chi connectivity index (χ0) is 8.85. The standard InChI is InChI=1S/C7H10O4/c1-5(8)2-3-6(9)4-7(10)11/h2-4H2,1H3,(H,10,11). The summed E-state index contributed by atoms with van der Waals surface area (Å²) in [4.78, 5) is 30.9. The van der Waals surface area contributed by atoms with E-state index in [9.17, 15) is 14.4 Å². The Kier molecular flexibility index (Phi) is 4.10. The van der Waals surface area contributed by atoms with Crippen LogP contribution in [0.25, 0.3) is 0 Å². The number of Topliss-reactive ketones (excluding diaryl/α,β-unsaturated/α-hetero) is 2.